The van der Waals surface area contributed by atoms with Crippen molar-refractivity contribution in [2.75, 3.05) is 13.7 Å². The number of amidine groups is 1. The first-order chi connectivity index (χ1) is 15.9. The number of nitrogen functional groups attached to an aromatic ring is 1. The van der Waals surface area contributed by atoms with Gasteiger partial charge in [-0.25, -0.2) is 4.79 Å². The van der Waals surface area contributed by atoms with Crippen LogP contribution in [0.15, 0.2) is 24.3 Å². The number of nitrogens with one attached hydrogen (secondary N) is 3. The van der Waals surface area contributed by atoms with E-state index >= 15 is 0 Å². The number of methoxy groups -OCH3 is 1. The fraction of sp³-hybridized carbons (Fsp3) is 0.583. The highest BCUT2D eigenvalue weighted by molar-refractivity contribution is 5.95. The first kappa shape index (κ1) is 24.5. The molecular formula is C24H35N5O4. The Morgan fingerprint density at radius 3 is 2.45 bits per heavy atom. The third-order valence-corrected chi connectivity index (χ3v) is 6.64. The van der Waals surface area contributed by atoms with E-state index in [1.54, 1.807) is 17.0 Å². The van der Waals surface area contributed by atoms with Gasteiger partial charge in [0.1, 0.15) is 17.9 Å². The summed E-state index contributed by atoms with van der Waals surface area (Å²) in [4.78, 5) is 39.9. The number of ether oxygens (including phenoxy) is 1. The fourth-order valence-corrected chi connectivity index (χ4v) is 4.79. The molecule has 1 aromatic carbocycles. The van der Waals surface area contributed by atoms with Gasteiger partial charge in [-0.15, -0.1) is 0 Å². The van der Waals surface area contributed by atoms with Crippen molar-refractivity contribution < 1.29 is 19.1 Å². The number of benzene rings is 1. The number of hydrogen-bond acceptors (Lipinski definition) is 5. The molecule has 3 rings (SSSR count). The third kappa shape index (κ3) is 6.69. The summed E-state index contributed by atoms with van der Waals surface area (Å²) in [5.41, 5.74) is 6.98. The highest BCUT2D eigenvalue weighted by Gasteiger charge is 2.38. The predicted octanol–water partition coefficient (Wildman–Crippen LogP) is 2.27. The molecule has 2 fully saturated rings. The zero-order valence-corrected chi connectivity index (χ0v) is 19.3. The van der Waals surface area contributed by atoms with Crippen molar-refractivity contribution >= 4 is 23.7 Å². The number of carbonyl (C=O) groups is 3. The molecule has 0 aromatic heterocycles. The van der Waals surface area contributed by atoms with Gasteiger partial charge < -0.3 is 26.0 Å². The number of nitrogens with two attached hydrogens (primary N) is 1. The van der Waals surface area contributed by atoms with Gasteiger partial charge in [-0.1, -0.05) is 56.4 Å². The van der Waals surface area contributed by atoms with Gasteiger partial charge in [0.15, 0.2) is 0 Å². The molecule has 2 aliphatic rings. The standard InChI is InChI=1S/C24H35N5O4/c1-33-24(32)28-19(14-16-6-3-2-4-7-16)23(31)29-13-5-8-20(29)22(30)27-15-17-9-11-18(12-10-17)21(25)26/h9-12,16,19-20H,2-8,13-15H2,1H3,(H3,25,26)(H,27,30)(H,28,32)/t19?,20-/m0/s1. The van der Waals surface area contributed by atoms with Crippen LogP contribution in [0.1, 0.15) is 62.5 Å². The summed E-state index contributed by atoms with van der Waals surface area (Å²) >= 11 is 0. The molecule has 33 heavy (non-hydrogen) atoms. The fourth-order valence-electron chi connectivity index (χ4n) is 4.79. The summed E-state index contributed by atoms with van der Waals surface area (Å²) in [6.07, 6.45) is 6.89. The van der Waals surface area contributed by atoms with Crippen LogP contribution < -0.4 is 16.4 Å². The molecule has 0 bridgehead atoms. The molecule has 1 saturated carbocycles. The van der Waals surface area contributed by atoms with Crippen LogP contribution in [0.25, 0.3) is 0 Å². The molecule has 3 amide bonds. The van der Waals surface area contributed by atoms with Crippen LogP contribution in [-0.4, -0.2) is 54.4 Å². The summed E-state index contributed by atoms with van der Waals surface area (Å²) in [6, 6.07) is 5.87. The van der Waals surface area contributed by atoms with Crippen molar-refractivity contribution in [3.8, 4) is 0 Å². The van der Waals surface area contributed by atoms with Crippen molar-refractivity contribution in [2.24, 2.45) is 11.7 Å². The number of likely N-dealkylation sites (tertiary alicyclic amines) is 1. The number of amides is 3. The smallest absolute Gasteiger partial charge is 0.407 e. The summed E-state index contributed by atoms with van der Waals surface area (Å²) in [6.45, 7) is 0.815. The Morgan fingerprint density at radius 2 is 1.82 bits per heavy atom. The van der Waals surface area contributed by atoms with Gasteiger partial charge in [0.05, 0.1) is 7.11 Å². The zero-order valence-electron chi connectivity index (χ0n) is 19.3. The van der Waals surface area contributed by atoms with E-state index in [1.165, 1.54) is 13.5 Å². The number of rotatable bonds is 8. The Kier molecular flexibility index (Phi) is 8.68. The van der Waals surface area contributed by atoms with E-state index in [4.69, 9.17) is 15.9 Å². The molecule has 9 heteroatoms. The summed E-state index contributed by atoms with van der Waals surface area (Å²) in [7, 11) is 1.28. The summed E-state index contributed by atoms with van der Waals surface area (Å²) < 4.78 is 4.75. The van der Waals surface area contributed by atoms with Gasteiger partial charge in [-0.05, 0) is 30.7 Å². The lowest BCUT2D eigenvalue weighted by Gasteiger charge is -2.31. The number of carbonyl (C=O) groups excluding carboxylic acids is 3. The SMILES string of the molecule is COC(=O)NC(CC1CCCCC1)C(=O)N1CCC[C@H]1C(=O)NCc1ccc(C(=N)N)cc1. The maximum atomic E-state index is 13.4. The van der Waals surface area contributed by atoms with E-state index in [0.717, 1.165) is 37.7 Å². The monoisotopic (exact) mass is 457 g/mol. The summed E-state index contributed by atoms with van der Waals surface area (Å²) in [5, 5.41) is 13.1. The molecule has 1 unspecified atom stereocenters. The minimum atomic E-state index is -0.687. The predicted molar refractivity (Wildman–Crippen MR) is 125 cm³/mol. The van der Waals surface area contributed by atoms with Gasteiger partial charge in [0.2, 0.25) is 11.8 Å². The zero-order chi connectivity index (χ0) is 23.8. The molecule has 5 N–H and O–H groups in total. The first-order valence-electron chi connectivity index (χ1n) is 11.7. The van der Waals surface area contributed by atoms with Crippen molar-refractivity contribution in [2.45, 2.75) is 70.0 Å². The van der Waals surface area contributed by atoms with Crippen LogP contribution in [0.2, 0.25) is 0 Å². The van der Waals surface area contributed by atoms with E-state index in [0.29, 0.717) is 37.4 Å². The molecule has 0 spiro atoms. The Morgan fingerprint density at radius 1 is 1.12 bits per heavy atom. The van der Waals surface area contributed by atoms with Gasteiger partial charge in [-0.2, -0.15) is 0 Å². The third-order valence-electron chi connectivity index (χ3n) is 6.64. The van der Waals surface area contributed by atoms with Crippen molar-refractivity contribution in [1.29, 1.82) is 5.41 Å². The maximum absolute atomic E-state index is 13.4. The second-order valence-corrected chi connectivity index (χ2v) is 8.95. The molecule has 9 nitrogen and oxygen atoms in total. The minimum absolute atomic E-state index is 0.00552. The lowest BCUT2D eigenvalue weighted by atomic mass is 9.84. The Balaban J connectivity index is 1.62. The lowest BCUT2D eigenvalue weighted by Crippen LogP contribution is -2.54. The van der Waals surface area contributed by atoms with Gasteiger partial charge in [-0.3, -0.25) is 15.0 Å². The Labute approximate surface area is 194 Å². The van der Waals surface area contributed by atoms with Crippen molar-refractivity contribution in [3.05, 3.63) is 35.4 Å². The number of hydrogen-bond donors (Lipinski definition) is 4. The normalized spacial score (nSPS) is 19.5. The molecule has 0 radical (unpaired) electrons. The summed E-state index contributed by atoms with van der Waals surface area (Å²) in [5.74, 6) is -0.0350. The number of alkyl carbamates (subject to hydrolysis) is 1. The molecule has 1 aromatic rings. The van der Waals surface area contributed by atoms with E-state index in [2.05, 4.69) is 10.6 Å². The van der Waals surface area contributed by atoms with Crippen LogP contribution in [0, 0.1) is 11.3 Å². The second kappa shape index (κ2) is 11.7. The molecule has 1 aliphatic heterocycles. The second-order valence-electron chi connectivity index (χ2n) is 8.95. The van der Waals surface area contributed by atoms with Crippen molar-refractivity contribution in [3.63, 3.8) is 0 Å². The van der Waals surface area contributed by atoms with Crippen LogP contribution >= 0.6 is 0 Å². The molecule has 1 heterocycles. The average molecular weight is 458 g/mol. The van der Waals surface area contributed by atoms with Crippen LogP contribution in [0.3, 0.4) is 0 Å². The molecule has 2 atom stereocenters. The van der Waals surface area contributed by atoms with Crippen LogP contribution in [0.4, 0.5) is 4.79 Å². The Bertz CT molecular complexity index is 851. The molecule has 1 aliphatic carbocycles. The average Bonchev–Trinajstić information content (AvgIpc) is 3.32. The lowest BCUT2D eigenvalue weighted by molar-refractivity contribution is -0.140. The van der Waals surface area contributed by atoms with E-state index in [1.807, 2.05) is 12.1 Å². The minimum Gasteiger partial charge on any atom is -0.453 e. The van der Waals surface area contributed by atoms with E-state index in [9.17, 15) is 14.4 Å². The van der Waals surface area contributed by atoms with Crippen LogP contribution in [-0.2, 0) is 20.9 Å². The highest BCUT2D eigenvalue weighted by Crippen LogP contribution is 2.29. The van der Waals surface area contributed by atoms with E-state index < -0.39 is 18.2 Å². The quantitative estimate of drug-likeness (QED) is 0.350. The van der Waals surface area contributed by atoms with Crippen LogP contribution in [0.5, 0.6) is 0 Å². The van der Waals surface area contributed by atoms with Crippen molar-refractivity contribution in [1.82, 2.24) is 15.5 Å². The topological polar surface area (TPSA) is 138 Å². The maximum Gasteiger partial charge on any atom is 0.407 e. The van der Waals surface area contributed by atoms with Gasteiger partial charge in [0, 0.05) is 18.7 Å². The largest absolute Gasteiger partial charge is 0.453 e. The first-order valence-corrected chi connectivity index (χ1v) is 11.7. The highest BCUT2D eigenvalue weighted by atomic mass is 16.5. The number of nitrogens with zero attached hydrogens (tertiary/aromatic N) is 1. The molecular weight excluding hydrogens is 422 g/mol. The van der Waals surface area contributed by atoms with E-state index in [-0.39, 0.29) is 17.6 Å². The molecule has 1 saturated heterocycles. The van der Waals surface area contributed by atoms with Gasteiger partial charge in [0.25, 0.3) is 0 Å². The Hall–Kier alpha value is -3.10. The molecule has 180 valence electrons. The van der Waals surface area contributed by atoms with Gasteiger partial charge >= 0.3 is 6.09 Å².